The number of nitrogens with one attached hydrogen (secondary N) is 3. The highest BCUT2D eigenvalue weighted by atomic mass is 16.5. The number of aromatic nitrogens is 1. The summed E-state index contributed by atoms with van der Waals surface area (Å²) in [6.45, 7) is 1.95. The van der Waals surface area contributed by atoms with E-state index in [9.17, 15) is 4.79 Å². The number of H-pyrrole nitrogens is 1. The maximum absolute atomic E-state index is 12.4. The number of aromatic amines is 1. The lowest BCUT2D eigenvalue weighted by Crippen LogP contribution is -2.36. The second-order valence-electron chi connectivity index (χ2n) is 5.86. The lowest BCUT2D eigenvalue weighted by Gasteiger charge is -2.16. The highest BCUT2D eigenvalue weighted by molar-refractivity contribution is 5.99. The third kappa shape index (κ3) is 4.03. The van der Waals surface area contributed by atoms with E-state index in [4.69, 9.17) is 4.74 Å². The summed E-state index contributed by atoms with van der Waals surface area (Å²) in [5.41, 5.74) is 5.43. The maximum Gasteiger partial charge on any atom is 0.262 e. The Bertz CT molecular complexity index is 900. The zero-order valence-corrected chi connectivity index (χ0v) is 14.8. The van der Waals surface area contributed by atoms with Crippen molar-refractivity contribution >= 4 is 28.7 Å². The van der Waals surface area contributed by atoms with Crippen LogP contribution in [0.15, 0.2) is 59.8 Å². The summed E-state index contributed by atoms with van der Waals surface area (Å²) in [4.78, 5) is 15.5. The van der Waals surface area contributed by atoms with Crippen LogP contribution in [-0.2, 0) is 4.79 Å². The molecule has 1 amide bonds. The molecule has 0 aliphatic rings. The molecule has 0 spiro atoms. The molecule has 1 atom stereocenters. The van der Waals surface area contributed by atoms with E-state index in [0.29, 0.717) is 6.42 Å². The van der Waals surface area contributed by atoms with Gasteiger partial charge in [0.1, 0.15) is 11.8 Å². The number of hydrogen-bond acceptors (Lipinski definition) is 4. The van der Waals surface area contributed by atoms with Crippen LogP contribution in [0.2, 0.25) is 0 Å². The highest BCUT2D eigenvalue weighted by Crippen LogP contribution is 2.17. The van der Waals surface area contributed by atoms with Gasteiger partial charge in [-0.15, -0.1) is 0 Å². The lowest BCUT2D eigenvalue weighted by molar-refractivity contribution is -0.121. The van der Waals surface area contributed by atoms with Crippen LogP contribution in [0.5, 0.6) is 5.75 Å². The molecule has 3 aromatic rings. The number of anilines is 1. The first-order valence-electron chi connectivity index (χ1n) is 8.51. The van der Waals surface area contributed by atoms with Gasteiger partial charge < -0.3 is 15.0 Å². The minimum Gasteiger partial charge on any atom is -0.497 e. The van der Waals surface area contributed by atoms with E-state index in [2.05, 4.69) is 20.8 Å². The zero-order chi connectivity index (χ0) is 18.4. The summed E-state index contributed by atoms with van der Waals surface area (Å²) < 4.78 is 5.14. The molecule has 6 heteroatoms. The Kier molecular flexibility index (Phi) is 5.53. The van der Waals surface area contributed by atoms with Gasteiger partial charge in [-0.25, -0.2) is 5.43 Å². The fourth-order valence-electron chi connectivity index (χ4n) is 2.69. The number of hydrazone groups is 1. The third-order valence-corrected chi connectivity index (χ3v) is 4.16. The van der Waals surface area contributed by atoms with Crippen LogP contribution in [0.4, 0.5) is 5.69 Å². The summed E-state index contributed by atoms with van der Waals surface area (Å²) in [6.07, 6.45) is 4.16. The van der Waals surface area contributed by atoms with Crippen LogP contribution in [-0.4, -0.2) is 30.3 Å². The highest BCUT2D eigenvalue weighted by Gasteiger charge is 2.15. The van der Waals surface area contributed by atoms with Gasteiger partial charge >= 0.3 is 0 Å². The van der Waals surface area contributed by atoms with Crippen molar-refractivity contribution in [3.8, 4) is 5.75 Å². The first kappa shape index (κ1) is 17.5. The molecule has 26 heavy (non-hydrogen) atoms. The van der Waals surface area contributed by atoms with Gasteiger partial charge in [-0.3, -0.25) is 4.79 Å². The molecule has 0 radical (unpaired) electrons. The molecule has 0 aliphatic heterocycles. The average molecular weight is 350 g/mol. The molecular formula is C20H22N4O2. The molecule has 3 N–H and O–H groups in total. The summed E-state index contributed by atoms with van der Waals surface area (Å²) in [5, 5.41) is 8.37. The predicted molar refractivity (Wildman–Crippen MR) is 105 cm³/mol. The number of amides is 1. The number of methoxy groups -OCH3 is 1. The van der Waals surface area contributed by atoms with Crippen LogP contribution in [0.25, 0.3) is 10.9 Å². The fraction of sp³-hybridized carbons (Fsp3) is 0.200. The van der Waals surface area contributed by atoms with Gasteiger partial charge in [0.2, 0.25) is 0 Å². The van der Waals surface area contributed by atoms with E-state index in [0.717, 1.165) is 27.9 Å². The van der Waals surface area contributed by atoms with E-state index in [-0.39, 0.29) is 11.9 Å². The molecule has 1 heterocycles. The maximum atomic E-state index is 12.4. The second kappa shape index (κ2) is 8.20. The average Bonchev–Trinajstić information content (AvgIpc) is 3.09. The number of benzene rings is 2. The number of rotatable bonds is 7. The van der Waals surface area contributed by atoms with Crippen LogP contribution in [0.3, 0.4) is 0 Å². The molecular weight excluding hydrogens is 328 g/mol. The van der Waals surface area contributed by atoms with Gasteiger partial charge in [-0.2, -0.15) is 5.10 Å². The van der Waals surface area contributed by atoms with Gasteiger partial charge in [0, 0.05) is 28.4 Å². The van der Waals surface area contributed by atoms with E-state index >= 15 is 0 Å². The third-order valence-electron chi connectivity index (χ3n) is 4.16. The topological polar surface area (TPSA) is 78.5 Å². The Morgan fingerprint density at radius 1 is 1.23 bits per heavy atom. The molecule has 3 rings (SSSR count). The Labute approximate surface area is 152 Å². The molecule has 1 unspecified atom stereocenters. The van der Waals surface area contributed by atoms with Crippen molar-refractivity contribution in [2.45, 2.75) is 19.4 Å². The number of ether oxygens (including phenoxy) is 1. The van der Waals surface area contributed by atoms with Crippen molar-refractivity contribution in [2.24, 2.45) is 5.10 Å². The number of para-hydroxylation sites is 1. The number of carbonyl (C=O) groups excluding carboxylic acids is 1. The Hall–Kier alpha value is -3.28. The van der Waals surface area contributed by atoms with Gasteiger partial charge in [0.15, 0.2) is 0 Å². The predicted octanol–water partition coefficient (Wildman–Crippen LogP) is 3.52. The second-order valence-corrected chi connectivity index (χ2v) is 5.86. The number of nitrogens with zero attached hydrogens (tertiary/aromatic N) is 1. The zero-order valence-electron chi connectivity index (χ0n) is 14.8. The molecule has 1 aromatic heterocycles. The van der Waals surface area contributed by atoms with Gasteiger partial charge in [-0.05, 0) is 36.8 Å². The number of fused-ring (bicyclic) bond motifs is 1. The van der Waals surface area contributed by atoms with Crippen molar-refractivity contribution in [3.05, 3.63) is 60.3 Å². The lowest BCUT2D eigenvalue weighted by atomic mass is 10.2. The molecule has 0 aliphatic carbocycles. The first-order valence-corrected chi connectivity index (χ1v) is 8.51. The number of carbonyl (C=O) groups is 1. The summed E-state index contributed by atoms with van der Waals surface area (Å²) in [7, 11) is 1.62. The molecule has 2 aromatic carbocycles. The van der Waals surface area contributed by atoms with E-state index in [1.807, 2.05) is 61.7 Å². The fourth-order valence-corrected chi connectivity index (χ4v) is 2.69. The summed E-state index contributed by atoms with van der Waals surface area (Å²) >= 11 is 0. The van der Waals surface area contributed by atoms with Crippen LogP contribution < -0.4 is 15.5 Å². The standard InChI is InChI=1S/C20H22N4O2/c1-3-18(23-15-8-10-16(26-2)11-9-15)20(25)24-22-13-14-12-21-19-7-5-4-6-17(14)19/h4-13,18,21,23H,3H2,1-2H3,(H,24,25). The van der Waals surface area contributed by atoms with Crippen molar-refractivity contribution < 1.29 is 9.53 Å². The molecule has 0 bridgehead atoms. The molecule has 6 nitrogen and oxygen atoms in total. The van der Waals surface area contributed by atoms with E-state index in [1.54, 1.807) is 13.3 Å². The first-order chi connectivity index (χ1) is 12.7. The van der Waals surface area contributed by atoms with Crippen molar-refractivity contribution in [3.63, 3.8) is 0 Å². The van der Waals surface area contributed by atoms with Crippen molar-refractivity contribution in [1.29, 1.82) is 0 Å². The largest absolute Gasteiger partial charge is 0.497 e. The van der Waals surface area contributed by atoms with Gasteiger partial charge in [-0.1, -0.05) is 25.1 Å². The quantitative estimate of drug-likeness (QED) is 0.451. The SMILES string of the molecule is CCC(Nc1ccc(OC)cc1)C(=O)NN=Cc1c[nH]c2ccccc12. The number of hydrogen-bond donors (Lipinski definition) is 3. The summed E-state index contributed by atoms with van der Waals surface area (Å²) in [5.74, 6) is 0.593. The van der Waals surface area contributed by atoms with Crippen LogP contribution >= 0.6 is 0 Å². The van der Waals surface area contributed by atoms with Gasteiger partial charge in [0.05, 0.1) is 13.3 Å². The molecule has 0 fully saturated rings. The molecule has 134 valence electrons. The van der Waals surface area contributed by atoms with E-state index < -0.39 is 0 Å². The minimum absolute atomic E-state index is 0.181. The molecule has 0 saturated carbocycles. The Balaban J connectivity index is 1.61. The Morgan fingerprint density at radius 3 is 2.73 bits per heavy atom. The Morgan fingerprint density at radius 2 is 2.00 bits per heavy atom. The van der Waals surface area contributed by atoms with Crippen molar-refractivity contribution in [1.82, 2.24) is 10.4 Å². The van der Waals surface area contributed by atoms with Crippen LogP contribution in [0.1, 0.15) is 18.9 Å². The summed E-state index contributed by atoms with van der Waals surface area (Å²) in [6, 6.07) is 15.0. The monoisotopic (exact) mass is 350 g/mol. The normalized spacial score (nSPS) is 12.2. The van der Waals surface area contributed by atoms with Crippen LogP contribution in [0, 0.1) is 0 Å². The van der Waals surface area contributed by atoms with Crippen molar-refractivity contribution in [2.75, 3.05) is 12.4 Å². The van der Waals surface area contributed by atoms with Gasteiger partial charge in [0.25, 0.3) is 5.91 Å². The van der Waals surface area contributed by atoms with E-state index in [1.165, 1.54) is 0 Å². The molecule has 0 saturated heterocycles. The smallest absolute Gasteiger partial charge is 0.262 e. The minimum atomic E-state index is -0.372.